The van der Waals surface area contributed by atoms with Crippen LogP contribution in [-0.4, -0.2) is 39.1 Å². The van der Waals surface area contributed by atoms with Crippen molar-refractivity contribution in [2.24, 2.45) is 0 Å². The van der Waals surface area contributed by atoms with Crippen LogP contribution < -0.4 is 5.56 Å². The molecule has 18 heavy (non-hydrogen) atoms. The van der Waals surface area contributed by atoms with Gasteiger partial charge in [0.15, 0.2) is 4.96 Å². The summed E-state index contributed by atoms with van der Waals surface area (Å²) in [5.74, 6) is 0. The van der Waals surface area contributed by atoms with E-state index in [4.69, 9.17) is 0 Å². The maximum atomic E-state index is 11.8. The van der Waals surface area contributed by atoms with Crippen LogP contribution in [0.2, 0.25) is 0 Å². The Morgan fingerprint density at radius 2 is 2.39 bits per heavy atom. The minimum Gasteiger partial charge on any atom is -0.393 e. The van der Waals surface area contributed by atoms with E-state index in [1.165, 1.54) is 11.3 Å². The maximum Gasteiger partial charge on any atom is 0.258 e. The maximum absolute atomic E-state index is 11.8. The van der Waals surface area contributed by atoms with Crippen LogP contribution in [0.4, 0.5) is 0 Å². The van der Waals surface area contributed by atoms with Gasteiger partial charge in [0, 0.05) is 30.7 Å². The third-order valence-electron chi connectivity index (χ3n) is 2.72. The predicted molar refractivity (Wildman–Crippen MR) is 72.0 cm³/mol. The van der Waals surface area contributed by atoms with Gasteiger partial charge in [0.1, 0.15) is 0 Å². The Morgan fingerprint density at radius 1 is 1.61 bits per heavy atom. The molecular formula is C12H17N3O2S. The van der Waals surface area contributed by atoms with Crippen LogP contribution in [-0.2, 0) is 6.54 Å². The third-order valence-corrected chi connectivity index (χ3v) is 3.47. The highest BCUT2D eigenvalue weighted by Crippen LogP contribution is 2.08. The van der Waals surface area contributed by atoms with E-state index < -0.39 is 0 Å². The second kappa shape index (κ2) is 5.60. The van der Waals surface area contributed by atoms with Crippen molar-refractivity contribution in [3.8, 4) is 0 Å². The van der Waals surface area contributed by atoms with Crippen LogP contribution in [0, 0.1) is 0 Å². The molecule has 0 saturated carbocycles. The van der Waals surface area contributed by atoms with Gasteiger partial charge in [0.2, 0.25) is 0 Å². The molecule has 1 N–H and O–H groups in total. The number of fused-ring (bicyclic) bond motifs is 1. The molecule has 1 unspecified atom stereocenters. The van der Waals surface area contributed by atoms with E-state index in [9.17, 15) is 9.90 Å². The zero-order valence-corrected chi connectivity index (χ0v) is 11.4. The van der Waals surface area contributed by atoms with Crippen molar-refractivity contribution >= 4 is 16.3 Å². The van der Waals surface area contributed by atoms with Crippen molar-refractivity contribution in [2.75, 3.05) is 13.6 Å². The Hall–Kier alpha value is -1.24. The second-order valence-electron chi connectivity index (χ2n) is 4.52. The fourth-order valence-electron chi connectivity index (χ4n) is 1.73. The first-order valence-corrected chi connectivity index (χ1v) is 6.76. The highest BCUT2D eigenvalue weighted by Gasteiger charge is 2.07. The molecule has 2 aromatic rings. The van der Waals surface area contributed by atoms with Crippen molar-refractivity contribution in [1.82, 2.24) is 14.3 Å². The normalized spacial score (nSPS) is 13.3. The lowest BCUT2D eigenvalue weighted by molar-refractivity contribution is 0.162. The van der Waals surface area contributed by atoms with Crippen LogP contribution in [0.25, 0.3) is 4.96 Å². The van der Waals surface area contributed by atoms with E-state index in [-0.39, 0.29) is 11.7 Å². The van der Waals surface area contributed by atoms with Gasteiger partial charge in [0.05, 0.1) is 11.8 Å². The number of aliphatic hydroxyl groups excluding tert-OH is 1. The quantitative estimate of drug-likeness (QED) is 0.876. The molecule has 6 heteroatoms. The zero-order chi connectivity index (χ0) is 13.1. The lowest BCUT2D eigenvalue weighted by Gasteiger charge is -2.16. The summed E-state index contributed by atoms with van der Waals surface area (Å²) in [6.07, 6.45) is 2.15. The monoisotopic (exact) mass is 267 g/mol. The summed E-state index contributed by atoms with van der Waals surface area (Å²) < 4.78 is 1.55. The molecule has 0 radical (unpaired) electrons. The highest BCUT2D eigenvalue weighted by molar-refractivity contribution is 7.15. The molecule has 2 rings (SSSR count). The molecule has 0 aliphatic heterocycles. The highest BCUT2D eigenvalue weighted by atomic mass is 32.1. The number of hydrogen-bond acceptors (Lipinski definition) is 5. The number of rotatable bonds is 5. The summed E-state index contributed by atoms with van der Waals surface area (Å²) >= 11 is 1.45. The van der Waals surface area contributed by atoms with Crippen molar-refractivity contribution < 1.29 is 5.11 Å². The molecule has 2 aromatic heterocycles. The molecule has 0 spiro atoms. The number of aromatic nitrogens is 2. The van der Waals surface area contributed by atoms with Crippen molar-refractivity contribution in [2.45, 2.75) is 26.0 Å². The molecule has 0 aliphatic carbocycles. The molecule has 0 aromatic carbocycles. The summed E-state index contributed by atoms with van der Waals surface area (Å²) in [4.78, 5) is 19.0. The largest absolute Gasteiger partial charge is 0.393 e. The van der Waals surface area contributed by atoms with Crippen LogP contribution in [0.1, 0.15) is 19.0 Å². The minimum atomic E-state index is -0.300. The van der Waals surface area contributed by atoms with E-state index >= 15 is 0 Å². The van der Waals surface area contributed by atoms with Gasteiger partial charge in [-0.25, -0.2) is 4.98 Å². The lowest BCUT2D eigenvalue weighted by Crippen LogP contribution is -2.24. The minimum absolute atomic E-state index is 0.0415. The van der Waals surface area contributed by atoms with Gasteiger partial charge in [-0.3, -0.25) is 9.20 Å². The molecule has 5 nitrogen and oxygen atoms in total. The zero-order valence-electron chi connectivity index (χ0n) is 10.5. The first-order valence-electron chi connectivity index (χ1n) is 5.88. The average Bonchev–Trinajstić information content (AvgIpc) is 2.75. The Bertz CT molecular complexity index is 576. The lowest BCUT2D eigenvalue weighted by atomic mass is 10.2. The molecule has 0 fully saturated rings. The van der Waals surface area contributed by atoms with E-state index in [2.05, 4.69) is 9.88 Å². The molecule has 1 atom stereocenters. The first-order chi connectivity index (χ1) is 8.56. The third kappa shape index (κ3) is 3.16. The Balaban J connectivity index is 2.09. The van der Waals surface area contributed by atoms with E-state index in [1.807, 2.05) is 12.4 Å². The van der Waals surface area contributed by atoms with Crippen LogP contribution >= 0.6 is 11.3 Å². The Kier molecular flexibility index (Phi) is 4.11. The summed E-state index contributed by atoms with van der Waals surface area (Å²) in [6, 6.07) is 1.57. The molecular weight excluding hydrogens is 250 g/mol. The van der Waals surface area contributed by atoms with Crippen LogP contribution in [0.15, 0.2) is 22.4 Å². The van der Waals surface area contributed by atoms with Gasteiger partial charge in [-0.15, -0.1) is 11.3 Å². The number of aliphatic hydroxyl groups is 1. The smallest absolute Gasteiger partial charge is 0.258 e. The van der Waals surface area contributed by atoms with Gasteiger partial charge < -0.3 is 10.0 Å². The summed E-state index contributed by atoms with van der Waals surface area (Å²) in [6.45, 7) is 3.18. The number of hydrogen-bond donors (Lipinski definition) is 1. The van der Waals surface area contributed by atoms with Gasteiger partial charge in [0.25, 0.3) is 5.56 Å². The molecule has 0 saturated heterocycles. The van der Waals surface area contributed by atoms with E-state index in [0.717, 1.165) is 23.6 Å². The van der Waals surface area contributed by atoms with Gasteiger partial charge in [-0.05, 0) is 20.4 Å². The Labute approximate surface area is 109 Å². The number of nitrogens with zero attached hydrogens (tertiary/aromatic N) is 3. The van der Waals surface area contributed by atoms with Gasteiger partial charge >= 0.3 is 0 Å². The topological polar surface area (TPSA) is 57.8 Å². The van der Waals surface area contributed by atoms with Crippen molar-refractivity contribution in [3.05, 3.63) is 33.7 Å². The number of thiazole rings is 1. The molecule has 0 aliphatic rings. The van der Waals surface area contributed by atoms with Crippen LogP contribution in [0.3, 0.4) is 0 Å². The van der Waals surface area contributed by atoms with Crippen LogP contribution in [0.5, 0.6) is 0 Å². The van der Waals surface area contributed by atoms with E-state index in [0.29, 0.717) is 6.54 Å². The second-order valence-corrected chi connectivity index (χ2v) is 5.39. The van der Waals surface area contributed by atoms with Gasteiger partial charge in [-0.1, -0.05) is 0 Å². The van der Waals surface area contributed by atoms with Gasteiger partial charge in [-0.2, -0.15) is 0 Å². The van der Waals surface area contributed by atoms with E-state index in [1.54, 1.807) is 23.6 Å². The molecule has 0 amide bonds. The summed E-state index contributed by atoms with van der Waals surface area (Å²) in [7, 11) is 1.96. The SMILES string of the molecule is CC(O)CCN(C)Cc1cc(=O)n2ccsc2n1. The molecule has 98 valence electrons. The predicted octanol–water partition coefficient (Wildman–Crippen LogP) is 0.959. The summed E-state index contributed by atoms with van der Waals surface area (Å²) in [5.41, 5.74) is 0.732. The standard InChI is InChI=1S/C12H17N3O2S/c1-9(16)3-4-14(2)8-10-7-11(17)15-5-6-18-12(15)13-10/h5-7,9,16H,3-4,8H2,1-2H3. The fourth-order valence-corrected chi connectivity index (χ4v) is 2.47. The average molecular weight is 267 g/mol. The Morgan fingerprint density at radius 3 is 3.11 bits per heavy atom. The molecule has 0 bridgehead atoms. The summed E-state index contributed by atoms with van der Waals surface area (Å²) in [5, 5.41) is 11.1. The molecule has 2 heterocycles. The fraction of sp³-hybridized carbons (Fsp3) is 0.500. The van der Waals surface area contributed by atoms with Crippen molar-refractivity contribution in [1.29, 1.82) is 0 Å². The van der Waals surface area contributed by atoms with Crippen molar-refractivity contribution in [3.63, 3.8) is 0 Å². The first kappa shape index (κ1) is 13.2.